The zero-order valence-corrected chi connectivity index (χ0v) is 20.0. The summed E-state index contributed by atoms with van der Waals surface area (Å²) >= 11 is 1.49. The van der Waals surface area contributed by atoms with Gasteiger partial charge in [-0.1, -0.05) is 11.8 Å². The SMILES string of the molecule is CSc1nc(N2CCOCC2)c2cnn(CCNC(=O)C3CCN(S(C)(=O)=O)CC3)c2n1. The van der Waals surface area contributed by atoms with Crippen LogP contribution in [0.25, 0.3) is 11.0 Å². The molecule has 0 unspecified atom stereocenters. The number of anilines is 1. The molecule has 1 amide bonds. The molecule has 176 valence electrons. The van der Waals surface area contributed by atoms with Crippen molar-refractivity contribution in [2.24, 2.45) is 5.92 Å². The molecule has 13 heteroatoms. The molecule has 4 heterocycles. The number of ether oxygens (including phenoxy) is 1. The number of rotatable bonds is 7. The number of thioether (sulfide) groups is 1. The van der Waals surface area contributed by atoms with Gasteiger partial charge in [-0.15, -0.1) is 0 Å². The largest absolute Gasteiger partial charge is 0.378 e. The van der Waals surface area contributed by atoms with Crippen LogP contribution in [0, 0.1) is 5.92 Å². The van der Waals surface area contributed by atoms with Gasteiger partial charge in [0.1, 0.15) is 5.82 Å². The molecule has 2 aromatic heterocycles. The van der Waals surface area contributed by atoms with E-state index >= 15 is 0 Å². The van der Waals surface area contributed by atoms with Crippen LogP contribution in [-0.2, 0) is 26.1 Å². The van der Waals surface area contributed by atoms with E-state index in [2.05, 4.69) is 20.3 Å². The third kappa shape index (κ3) is 5.16. The van der Waals surface area contributed by atoms with Crippen molar-refractivity contribution in [3.05, 3.63) is 6.20 Å². The fraction of sp³-hybridized carbons (Fsp3) is 0.684. The van der Waals surface area contributed by atoms with Crippen molar-refractivity contribution >= 4 is 44.5 Å². The lowest BCUT2D eigenvalue weighted by Gasteiger charge is -2.29. The third-order valence-electron chi connectivity index (χ3n) is 5.87. The van der Waals surface area contributed by atoms with E-state index in [1.807, 2.05) is 6.26 Å². The summed E-state index contributed by atoms with van der Waals surface area (Å²) in [5, 5.41) is 9.04. The molecule has 11 nitrogen and oxygen atoms in total. The van der Waals surface area contributed by atoms with Gasteiger partial charge in [-0.2, -0.15) is 5.10 Å². The summed E-state index contributed by atoms with van der Waals surface area (Å²) in [5.41, 5.74) is 0.751. The first-order chi connectivity index (χ1) is 15.4. The molecule has 2 fully saturated rings. The average molecular weight is 484 g/mol. The number of hydrogen-bond acceptors (Lipinski definition) is 9. The lowest BCUT2D eigenvalue weighted by molar-refractivity contribution is -0.126. The van der Waals surface area contributed by atoms with Crippen LogP contribution in [0.1, 0.15) is 12.8 Å². The highest BCUT2D eigenvalue weighted by Gasteiger charge is 2.28. The summed E-state index contributed by atoms with van der Waals surface area (Å²) in [6.45, 7) is 4.59. The van der Waals surface area contributed by atoms with Gasteiger partial charge in [0, 0.05) is 38.6 Å². The van der Waals surface area contributed by atoms with Gasteiger partial charge in [-0.3, -0.25) is 4.79 Å². The number of piperidine rings is 1. The molecule has 0 aromatic carbocycles. The Labute approximate surface area is 191 Å². The fourth-order valence-corrected chi connectivity index (χ4v) is 5.30. The standard InChI is InChI=1S/C19H29N7O4S2/c1-31-19-22-16(24-9-11-30-12-10-24)15-13-21-26(17(15)23-19)8-5-20-18(27)14-3-6-25(7-4-14)32(2,28)29/h13-14H,3-12H2,1-2H3,(H,20,27). The summed E-state index contributed by atoms with van der Waals surface area (Å²) < 4.78 is 32.0. The first-order valence-corrected chi connectivity index (χ1v) is 13.8. The van der Waals surface area contributed by atoms with Gasteiger partial charge in [0.25, 0.3) is 0 Å². The number of carbonyl (C=O) groups excluding carboxylic acids is 1. The van der Waals surface area contributed by atoms with Crippen LogP contribution >= 0.6 is 11.8 Å². The predicted octanol–water partition coefficient (Wildman–Crippen LogP) is 0.173. The first-order valence-electron chi connectivity index (χ1n) is 10.7. The van der Waals surface area contributed by atoms with E-state index in [4.69, 9.17) is 9.72 Å². The van der Waals surface area contributed by atoms with Crippen LogP contribution in [-0.4, -0.2) is 96.8 Å². The Morgan fingerprint density at radius 2 is 1.94 bits per heavy atom. The Bertz CT molecular complexity index is 1060. The Balaban J connectivity index is 1.39. The number of hydrogen-bond donors (Lipinski definition) is 1. The van der Waals surface area contributed by atoms with Crippen LogP contribution < -0.4 is 10.2 Å². The van der Waals surface area contributed by atoms with E-state index in [0.717, 1.165) is 29.9 Å². The molecule has 0 radical (unpaired) electrons. The molecule has 2 aliphatic rings. The maximum Gasteiger partial charge on any atom is 0.223 e. The van der Waals surface area contributed by atoms with Crippen molar-refractivity contribution in [3.63, 3.8) is 0 Å². The molecule has 0 aliphatic carbocycles. The third-order valence-corrected chi connectivity index (χ3v) is 7.72. The molecule has 4 rings (SSSR count). The minimum atomic E-state index is -3.19. The Hall–Kier alpha value is -1.96. The number of fused-ring (bicyclic) bond motifs is 1. The van der Waals surface area contributed by atoms with Crippen molar-refractivity contribution in [2.75, 3.05) is 63.3 Å². The number of nitrogens with zero attached hydrogens (tertiary/aromatic N) is 6. The van der Waals surface area contributed by atoms with Gasteiger partial charge in [-0.25, -0.2) is 27.4 Å². The normalized spacial score (nSPS) is 18.9. The van der Waals surface area contributed by atoms with E-state index in [1.165, 1.54) is 22.3 Å². The highest BCUT2D eigenvalue weighted by Crippen LogP contribution is 2.27. The molecule has 0 atom stereocenters. The smallest absolute Gasteiger partial charge is 0.223 e. The fourth-order valence-electron chi connectivity index (χ4n) is 4.07. The van der Waals surface area contributed by atoms with Gasteiger partial charge in [0.2, 0.25) is 15.9 Å². The van der Waals surface area contributed by atoms with Gasteiger partial charge < -0.3 is 15.0 Å². The second-order valence-corrected chi connectivity index (χ2v) is 10.7. The summed E-state index contributed by atoms with van der Waals surface area (Å²) in [6.07, 6.45) is 6.01. The molecule has 0 saturated carbocycles. The monoisotopic (exact) mass is 483 g/mol. The lowest BCUT2D eigenvalue weighted by Crippen LogP contribution is -2.43. The van der Waals surface area contributed by atoms with Crippen LogP contribution in [0.2, 0.25) is 0 Å². The minimum Gasteiger partial charge on any atom is -0.378 e. The molecule has 1 N–H and O–H groups in total. The maximum atomic E-state index is 12.6. The Morgan fingerprint density at radius 1 is 1.22 bits per heavy atom. The molecule has 2 saturated heterocycles. The Morgan fingerprint density at radius 3 is 2.59 bits per heavy atom. The van der Waals surface area contributed by atoms with Gasteiger partial charge in [0.15, 0.2) is 10.8 Å². The second kappa shape index (κ2) is 9.89. The molecule has 0 bridgehead atoms. The van der Waals surface area contributed by atoms with Crippen molar-refractivity contribution in [1.82, 2.24) is 29.4 Å². The molecular weight excluding hydrogens is 454 g/mol. The van der Waals surface area contributed by atoms with Crippen LogP contribution in [0.5, 0.6) is 0 Å². The van der Waals surface area contributed by atoms with Gasteiger partial charge in [0.05, 0.1) is 37.6 Å². The first kappa shape index (κ1) is 23.2. The van der Waals surface area contributed by atoms with Gasteiger partial charge in [-0.05, 0) is 19.1 Å². The van der Waals surface area contributed by atoms with Crippen molar-refractivity contribution in [1.29, 1.82) is 0 Å². The second-order valence-electron chi connectivity index (χ2n) is 7.97. The summed E-state index contributed by atoms with van der Waals surface area (Å²) in [5.74, 6) is 0.666. The van der Waals surface area contributed by atoms with Crippen molar-refractivity contribution in [3.8, 4) is 0 Å². The van der Waals surface area contributed by atoms with E-state index in [9.17, 15) is 13.2 Å². The summed E-state index contributed by atoms with van der Waals surface area (Å²) in [6, 6.07) is 0. The molecular formula is C19H29N7O4S2. The number of sulfonamides is 1. The topological polar surface area (TPSA) is 123 Å². The minimum absolute atomic E-state index is 0.0388. The summed E-state index contributed by atoms with van der Waals surface area (Å²) in [7, 11) is -3.19. The highest BCUT2D eigenvalue weighted by atomic mass is 32.2. The van der Waals surface area contributed by atoms with E-state index in [1.54, 1.807) is 10.9 Å². The maximum absolute atomic E-state index is 12.6. The van der Waals surface area contributed by atoms with E-state index < -0.39 is 10.0 Å². The van der Waals surface area contributed by atoms with Crippen molar-refractivity contribution < 1.29 is 17.9 Å². The predicted molar refractivity (Wildman–Crippen MR) is 122 cm³/mol. The molecule has 0 spiro atoms. The zero-order valence-electron chi connectivity index (χ0n) is 18.4. The lowest BCUT2D eigenvalue weighted by atomic mass is 9.97. The number of carbonyl (C=O) groups is 1. The number of aromatic nitrogens is 4. The van der Waals surface area contributed by atoms with Crippen molar-refractivity contribution in [2.45, 2.75) is 24.5 Å². The Kier molecular flexibility index (Phi) is 7.17. The average Bonchev–Trinajstić information content (AvgIpc) is 3.21. The van der Waals surface area contributed by atoms with Crippen LogP contribution in [0.3, 0.4) is 0 Å². The van der Waals surface area contributed by atoms with Crippen LogP contribution in [0.15, 0.2) is 11.4 Å². The van der Waals surface area contributed by atoms with Gasteiger partial charge >= 0.3 is 0 Å². The number of morpholine rings is 1. The molecule has 2 aromatic rings. The number of nitrogens with one attached hydrogen (secondary N) is 1. The highest BCUT2D eigenvalue weighted by molar-refractivity contribution is 7.98. The summed E-state index contributed by atoms with van der Waals surface area (Å²) in [4.78, 5) is 24.1. The number of amides is 1. The van der Waals surface area contributed by atoms with E-state index in [0.29, 0.717) is 57.4 Å². The molecule has 32 heavy (non-hydrogen) atoms. The van der Waals surface area contributed by atoms with Crippen LogP contribution in [0.4, 0.5) is 5.82 Å². The quantitative estimate of drug-likeness (QED) is 0.434. The van der Waals surface area contributed by atoms with E-state index in [-0.39, 0.29) is 11.8 Å². The zero-order chi connectivity index (χ0) is 22.7. The molecule has 2 aliphatic heterocycles.